The summed E-state index contributed by atoms with van der Waals surface area (Å²) in [5.74, 6) is -0.624. The molecular weight excluding hydrogens is 406 g/mol. The number of nitro benzene ring substituents is 1. The smallest absolute Gasteiger partial charge is 0.339 e. The highest BCUT2D eigenvalue weighted by Gasteiger charge is 2.17. The monoisotopic (exact) mass is 413 g/mol. The topological polar surface area (TPSA) is 69.4 Å². The van der Waals surface area contributed by atoms with Crippen molar-refractivity contribution in [3.8, 4) is 0 Å². The van der Waals surface area contributed by atoms with Crippen LogP contribution in [0.4, 0.5) is 5.69 Å². The number of non-ortho nitro benzene ring substituents is 1. The lowest BCUT2D eigenvalue weighted by molar-refractivity contribution is -0.384. The number of rotatable bonds is 4. The van der Waals surface area contributed by atoms with Gasteiger partial charge in [-0.2, -0.15) is 0 Å². The van der Waals surface area contributed by atoms with Crippen molar-refractivity contribution in [2.45, 2.75) is 6.61 Å². The quantitative estimate of drug-likeness (QED) is 0.420. The van der Waals surface area contributed by atoms with E-state index in [2.05, 4.69) is 31.9 Å². The number of ether oxygens (including phenoxy) is 1. The lowest BCUT2D eigenvalue weighted by Gasteiger charge is -2.07. The average molecular weight is 415 g/mol. The minimum absolute atomic E-state index is 0.0788. The van der Waals surface area contributed by atoms with Gasteiger partial charge in [0.15, 0.2) is 0 Å². The summed E-state index contributed by atoms with van der Waals surface area (Å²) in [6.07, 6.45) is 0. The van der Waals surface area contributed by atoms with Gasteiger partial charge in [0.25, 0.3) is 5.69 Å². The third kappa shape index (κ3) is 3.89. The van der Waals surface area contributed by atoms with E-state index in [1.165, 1.54) is 18.2 Å². The summed E-state index contributed by atoms with van der Waals surface area (Å²) in [4.78, 5) is 22.2. The van der Waals surface area contributed by atoms with E-state index in [-0.39, 0.29) is 17.9 Å². The zero-order chi connectivity index (χ0) is 15.4. The van der Waals surface area contributed by atoms with Gasteiger partial charge in [0, 0.05) is 26.6 Å². The Morgan fingerprint density at radius 2 is 1.86 bits per heavy atom. The van der Waals surface area contributed by atoms with E-state index in [0.717, 1.165) is 10.0 Å². The summed E-state index contributed by atoms with van der Waals surface area (Å²) in [6.45, 7) is 0.0788. The molecule has 7 heteroatoms. The fourth-order valence-electron chi connectivity index (χ4n) is 1.62. The fraction of sp³-hybridized carbons (Fsp3) is 0.0714. The van der Waals surface area contributed by atoms with Crippen LogP contribution in [0.2, 0.25) is 0 Å². The normalized spacial score (nSPS) is 10.2. The number of hydrogen-bond acceptors (Lipinski definition) is 4. The highest BCUT2D eigenvalue weighted by molar-refractivity contribution is 9.10. The molecule has 2 aromatic carbocycles. The van der Waals surface area contributed by atoms with E-state index in [1.807, 2.05) is 24.3 Å². The molecule has 0 fully saturated rings. The molecule has 0 aromatic heterocycles. The third-order valence-electron chi connectivity index (χ3n) is 2.70. The summed E-state index contributed by atoms with van der Waals surface area (Å²) in [7, 11) is 0. The zero-order valence-corrected chi connectivity index (χ0v) is 13.8. The van der Waals surface area contributed by atoms with Crippen LogP contribution >= 0.6 is 31.9 Å². The summed E-state index contributed by atoms with van der Waals surface area (Å²) in [5, 5.41) is 10.7. The van der Waals surface area contributed by atoms with Crippen LogP contribution in [0.1, 0.15) is 15.9 Å². The largest absolute Gasteiger partial charge is 0.457 e. The fourth-order valence-corrected chi connectivity index (χ4v) is 2.43. The third-order valence-corrected chi connectivity index (χ3v) is 4.16. The molecule has 0 aliphatic carbocycles. The van der Waals surface area contributed by atoms with Gasteiger partial charge in [-0.25, -0.2) is 4.79 Å². The first-order chi connectivity index (χ1) is 9.99. The maximum Gasteiger partial charge on any atom is 0.339 e. The van der Waals surface area contributed by atoms with E-state index in [0.29, 0.717) is 4.47 Å². The first-order valence-corrected chi connectivity index (χ1v) is 7.42. The minimum Gasteiger partial charge on any atom is -0.457 e. The van der Waals surface area contributed by atoms with E-state index in [4.69, 9.17) is 4.74 Å². The number of nitrogens with zero attached hydrogens (tertiary/aromatic N) is 1. The molecule has 0 unspecified atom stereocenters. The van der Waals surface area contributed by atoms with Crippen molar-refractivity contribution in [2.75, 3.05) is 0 Å². The van der Waals surface area contributed by atoms with Crippen LogP contribution < -0.4 is 0 Å². The van der Waals surface area contributed by atoms with Crippen molar-refractivity contribution in [3.05, 3.63) is 72.7 Å². The van der Waals surface area contributed by atoms with Crippen LogP contribution in [0.25, 0.3) is 0 Å². The van der Waals surface area contributed by atoms with Gasteiger partial charge >= 0.3 is 5.97 Å². The van der Waals surface area contributed by atoms with E-state index < -0.39 is 10.9 Å². The maximum absolute atomic E-state index is 12.0. The van der Waals surface area contributed by atoms with E-state index >= 15 is 0 Å². The van der Waals surface area contributed by atoms with Gasteiger partial charge in [-0.15, -0.1) is 0 Å². The first-order valence-electron chi connectivity index (χ1n) is 5.83. The predicted octanol–water partition coefficient (Wildman–Crippen LogP) is 4.48. The molecule has 0 N–H and O–H groups in total. The molecule has 108 valence electrons. The van der Waals surface area contributed by atoms with Gasteiger partial charge in [0.05, 0.1) is 10.5 Å². The van der Waals surface area contributed by atoms with Crippen LogP contribution in [-0.4, -0.2) is 10.9 Å². The second kappa shape index (κ2) is 6.82. The Bertz CT molecular complexity index is 703. The Morgan fingerprint density at radius 3 is 2.52 bits per heavy atom. The molecule has 0 amide bonds. The van der Waals surface area contributed by atoms with Crippen molar-refractivity contribution in [1.29, 1.82) is 0 Å². The molecular formula is C14H9Br2NO4. The Hall–Kier alpha value is -1.73. The number of esters is 1. The number of nitro groups is 1. The molecule has 0 aliphatic rings. The number of benzene rings is 2. The van der Waals surface area contributed by atoms with Crippen LogP contribution in [-0.2, 0) is 11.3 Å². The molecule has 0 spiro atoms. The number of carbonyl (C=O) groups excluding carboxylic acids is 1. The van der Waals surface area contributed by atoms with Crippen LogP contribution in [0.15, 0.2) is 51.4 Å². The van der Waals surface area contributed by atoms with Gasteiger partial charge in [0.1, 0.15) is 6.61 Å². The molecule has 2 rings (SSSR count). The standard InChI is InChI=1S/C14H9Br2NO4/c15-12-4-2-1-3-9(12)8-21-14(18)11-7-10(17(19)20)5-6-13(11)16/h1-7H,8H2. The highest BCUT2D eigenvalue weighted by atomic mass is 79.9. The summed E-state index contributed by atoms with van der Waals surface area (Å²) < 4.78 is 6.47. The SMILES string of the molecule is O=C(OCc1ccccc1Br)c1cc([N+](=O)[O-])ccc1Br. The van der Waals surface area contributed by atoms with Crippen molar-refractivity contribution in [2.24, 2.45) is 0 Å². The molecule has 5 nitrogen and oxygen atoms in total. The molecule has 0 radical (unpaired) electrons. The Balaban J connectivity index is 2.15. The van der Waals surface area contributed by atoms with Gasteiger partial charge in [-0.1, -0.05) is 34.1 Å². The minimum atomic E-state index is -0.624. The molecule has 0 bridgehead atoms. The Kier molecular flexibility index (Phi) is 5.08. The van der Waals surface area contributed by atoms with Gasteiger partial charge in [-0.05, 0) is 28.1 Å². The van der Waals surface area contributed by atoms with Gasteiger partial charge in [0.2, 0.25) is 0 Å². The molecule has 0 aliphatic heterocycles. The van der Waals surface area contributed by atoms with E-state index in [1.54, 1.807) is 0 Å². The van der Waals surface area contributed by atoms with Crippen molar-refractivity contribution in [3.63, 3.8) is 0 Å². The second-order valence-electron chi connectivity index (χ2n) is 4.09. The summed E-state index contributed by atoms with van der Waals surface area (Å²) in [5.41, 5.74) is 0.773. The summed E-state index contributed by atoms with van der Waals surface area (Å²) in [6, 6.07) is 11.3. The molecule has 0 saturated carbocycles. The second-order valence-corrected chi connectivity index (χ2v) is 5.80. The van der Waals surface area contributed by atoms with Gasteiger partial charge in [-0.3, -0.25) is 10.1 Å². The van der Waals surface area contributed by atoms with Crippen molar-refractivity contribution in [1.82, 2.24) is 0 Å². The van der Waals surface area contributed by atoms with E-state index in [9.17, 15) is 14.9 Å². The predicted molar refractivity (Wildman–Crippen MR) is 84.1 cm³/mol. The van der Waals surface area contributed by atoms with Crippen LogP contribution in [0.3, 0.4) is 0 Å². The van der Waals surface area contributed by atoms with Crippen LogP contribution in [0, 0.1) is 10.1 Å². The number of carbonyl (C=O) groups is 1. The molecule has 2 aromatic rings. The molecule has 0 saturated heterocycles. The van der Waals surface area contributed by atoms with Crippen LogP contribution in [0.5, 0.6) is 0 Å². The lowest BCUT2D eigenvalue weighted by Crippen LogP contribution is -2.07. The van der Waals surface area contributed by atoms with Crippen molar-refractivity contribution >= 4 is 43.5 Å². The summed E-state index contributed by atoms with van der Waals surface area (Å²) >= 11 is 6.55. The molecule has 0 atom stereocenters. The first kappa shape index (κ1) is 15.7. The Labute approximate surface area is 137 Å². The zero-order valence-electron chi connectivity index (χ0n) is 10.6. The number of halogens is 2. The van der Waals surface area contributed by atoms with Crippen molar-refractivity contribution < 1.29 is 14.5 Å². The molecule has 0 heterocycles. The molecule has 21 heavy (non-hydrogen) atoms. The lowest BCUT2D eigenvalue weighted by atomic mass is 10.2. The number of hydrogen-bond donors (Lipinski definition) is 0. The van der Waals surface area contributed by atoms with Gasteiger partial charge < -0.3 is 4.74 Å². The highest BCUT2D eigenvalue weighted by Crippen LogP contribution is 2.24. The Morgan fingerprint density at radius 1 is 1.14 bits per heavy atom. The average Bonchev–Trinajstić information content (AvgIpc) is 2.46. The maximum atomic E-state index is 12.0.